The van der Waals surface area contributed by atoms with E-state index in [1.54, 1.807) is 0 Å². The molecule has 0 nitrogen and oxygen atoms in total. The minimum atomic E-state index is -1.30. The highest BCUT2D eigenvalue weighted by atomic mass is 19.2. The van der Waals surface area contributed by atoms with Crippen LogP contribution in [0.4, 0.5) is 26.3 Å². The van der Waals surface area contributed by atoms with Gasteiger partial charge in [0.15, 0.2) is 0 Å². The molecular formula is C21H15BF6. The van der Waals surface area contributed by atoms with Crippen LogP contribution in [0.5, 0.6) is 0 Å². The van der Waals surface area contributed by atoms with E-state index in [4.69, 9.17) is 0 Å². The maximum absolute atomic E-state index is 14.7. The average Bonchev–Trinajstić information content (AvgIpc) is 2.61. The first-order chi connectivity index (χ1) is 13.1. The second-order valence-electron chi connectivity index (χ2n) is 6.78. The topological polar surface area (TPSA) is 0 Å². The molecule has 0 atom stereocenters. The third-order valence-corrected chi connectivity index (χ3v) is 4.84. The molecule has 144 valence electrons. The monoisotopic (exact) mass is 392 g/mol. The van der Waals surface area contributed by atoms with Gasteiger partial charge in [0, 0.05) is 18.2 Å². The molecule has 0 amide bonds. The predicted octanol–water partition coefficient (Wildman–Crippen LogP) is 3.96. The minimum Gasteiger partial charge on any atom is -0.207 e. The molecule has 0 radical (unpaired) electrons. The highest BCUT2D eigenvalue weighted by Crippen LogP contribution is 2.14. The number of hydrogen-bond donors (Lipinski definition) is 0. The van der Waals surface area contributed by atoms with Gasteiger partial charge in [-0.2, -0.15) is 0 Å². The Morgan fingerprint density at radius 3 is 1.43 bits per heavy atom. The van der Waals surface area contributed by atoms with Crippen molar-refractivity contribution < 1.29 is 26.3 Å². The van der Waals surface area contributed by atoms with E-state index in [9.17, 15) is 26.3 Å². The molecule has 0 aliphatic carbocycles. The first kappa shape index (κ1) is 20.0. The van der Waals surface area contributed by atoms with E-state index >= 15 is 0 Å². The fourth-order valence-corrected chi connectivity index (χ4v) is 3.27. The van der Waals surface area contributed by atoms with Crippen LogP contribution in [0.15, 0.2) is 36.4 Å². The van der Waals surface area contributed by atoms with E-state index in [1.165, 1.54) is 20.8 Å². The van der Waals surface area contributed by atoms with Crippen molar-refractivity contribution in [1.29, 1.82) is 0 Å². The molecule has 0 bridgehead atoms. The molecule has 3 rings (SSSR count). The average molecular weight is 392 g/mol. The molecule has 0 unspecified atom stereocenters. The Labute approximate surface area is 158 Å². The summed E-state index contributed by atoms with van der Waals surface area (Å²) in [5.41, 5.74) is -0.236. The molecule has 7 heteroatoms. The zero-order chi connectivity index (χ0) is 20.7. The van der Waals surface area contributed by atoms with Crippen molar-refractivity contribution in [1.82, 2.24) is 0 Å². The summed E-state index contributed by atoms with van der Waals surface area (Å²) in [4.78, 5) is 0. The molecule has 0 saturated carbocycles. The molecule has 3 aromatic rings. The Morgan fingerprint density at radius 2 is 0.964 bits per heavy atom. The lowest BCUT2D eigenvalue weighted by Gasteiger charge is -2.21. The summed E-state index contributed by atoms with van der Waals surface area (Å²) in [6, 6.07) is 5.23. The number of aryl methyl sites for hydroxylation is 2. The normalized spacial score (nSPS) is 11.0. The van der Waals surface area contributed by atoms with Crippen molar-refractivity contribution >= 4 is 23.1 Å². The summed E-state index contributed by atoms with van der Waals surface area (Å²) in [7, 11) is 0. The molecule has 3 aromatic carbocycles. The first-order valence-corrected chi connectivity index (χ1v) is 8.46. The van der Waals surface area contributed by atoms with Gasteiger partial charge in [0.25, 0.3) is 0 Å². The summed E-state index contributed by atoms with van der Waals surface area (Å²) < 4.78 is 85.0. The first-order valence-electron chi connectivity index (χ1n) is 8.46. The van der Waals surface area contributed by atoms with Gasteiger partial charge in [-0.1, -0.05) is 17.6 Å². The number of benzene rings is 3. The third-order valence-electron chi connectivity index (χ3n) is 4.84. The number of hydrogen-bond acceptors (Lipinski definition) is 0. The summed E-state index contributed by atoms with van der Waals surface area (Å²) >= 11 is 0. The zero-order valence-corrected chi connectivity index (χ0v) is 15.3. The van der Waals surface area contributed by atoms with Crippen molar-refractivity contribution in [3.05, 3.63) is 88.0 Å². The van der Waals surface area contributed by atoms with Crippen LogP contribution in [0.3, 0.4) is 0 Å². The summed E-state index contributed by atoms with van der Waals surface area (Å²) in [6.45, 7) is 2.82. The van der Waals surface area contributed by atoms with E-state index in [2.05, 4.69) is 0 Å². The van der Waals surface area contributed by atoms with E-state index in [0.717, 1.165) is 18.2 Å². The number of halogens is 6. The van der Waals surface area contributed by atoms with Crippen LogP contribution in [-0.4, -0.2) is 6.71 Å². The standard InChI is InChI=1S/C21H15BF6/c1-10-4-15(20(27)8-17(10)24)22(14-6-13(23)7-19(26)12(14)3)16-5-11(2)18(25)9-21(16)28/h4-9H,1-3H3. The predicted molar refractivity (Wildman–Crippen MR) is 97.9 cm³/mol. The van der Waals surface area contributed by atoms with Gasteiger partial charge in [-0.15, -0.1) is 0 Å². The van der Waals surface area contributed by atoms with E-state index in [0.29, 0.717) is 18.2 Å². The van der Waals surface area contributed by atoms with Gasteiger partial charge in [-0.25, -0.2) is 26.3 Å². The second kappa shape index (κ2) is 7.38. The van der Waals surface area contributed by atoms with Crippen LogP contribution >= 0.6 is 0 Å². The Morgan fingerprint density at radius 1 is 0.500 bits per heavy atom. The maximum atomic E-state index is 14.7. The third kappa shape index (κ3) is 3.53. The van der Waals surface area contributed by atoms with Crippen molar-refractivity contribution in [3.63, 3.8) is 0 Å². The van der Waals surface area contributed by atoms with E-state index < -0.39 is 41.6 Å². The smallest absolute Gasteiger partial charge is 0.207 e. The van der Waals surface area contributed by atoms with Crippen molar-refractivity contribution in [2.75, 3.05) is 0 Å². The highest BCUT2D eigenvalue weighted by Gasteiger charge is 2.31. The van der Waals surface area contributed by atoms with Gasteiger partial charge in [0.2, 0.25) is 6.71 Å². The largest absolute Gasteiger partial charge is 0.249 e. The lowest BCUT2D eigenvalue weighted by Crippen LogP contribution is -2.56. The quantitative estimate of drug-likeness (QED) is 0.468. The van der Waals surface area contributed by atoms with Crippen molar-refractivity contribution in [2.45, 2.75) is 20.8 Å². The second-order valence-corrected chi connectivity index (χ2v) is 6.78. The van der Waals surface area contributed by atoms with Gasteiger partial charge < -0.3 is 0 Å². The molecule has 28 heavy (non-hydrogen) atoms. The highest BCUT2D eigenvalue weighted by molar-refractivity contribution is 6.95. The van der Waals surface area contributed by atoms with Crippen molar-refractivity contribution in [2.24, 2.45) is 0 Å². The van der Waals surface area contributed by atoms with Gasteiger partial charge >= 0.3 is 0 Å². The maximum Gasteiger partial charge on any atom is 0.249 e. The van der Waals surface area contributed by atoms with Crippen LogP contribution < -0.4 is 16.4 Å². The zero-order valence-electron chi connectivity index (χ0n) is 15.3. The Hall–Kier alpha value is -2.70. The summed E-state index contributed by atoms with van der Waals surface area (Å²) in [5.74, 6) is -5.44. The molecular weight excluding hydrogens is 377 g/mol. The molecule has 0 heterocycles. The van der Waals surface area contributed by atoms with Gasteiger partial charge in [0.05, 0.1) is 0 Å². The fourth-order valence-electron chi connectivity index (χ4n) is 3.27. The van der Waals surface area contributed by atoms with E-state index in [-0.39, 0.29) is 33.1 Å². The lowest BCUT2D eigenvalue weighted by molar-refractivity contribution is 0.577. The minimum absolute atomic E-state index is 0.0193. The summed E-state index contributed by atoms with van der Waals surface area (Å²) in [6.07, 6.45) is 0. The Kier molecular flexibility index (Phi) is 5.28. The summed E-state index contributed by atoms with van der Waals surface area (Å²) in [5, 5.41) is 0. The Balaban J connectivity index is 2.40. The van der Waals surface area contributed by atoms with Gasteiger partial charge in [-0.05, 0) is 54.5 Å². The SMILES string of the molecule is Cc1cc(B(c2cc(C)c(F)cc2F)c2cc(F)cc(F)c2C)c(F)cc1F. The molecule has 0 aromatic heterocycles. The molecule has 0 spiro atoms. The molecule has 0 saturated heterocycles. The van der Waals surface area contributed by atoms with Crippen LogP contribution in [0.1, 0.15) is 16.7 Å². The molecule has 0 fully saturated rings. The molecule has 0 aliphatic rings. The molecule has 0 N–H and O–H groups in total. The van der Waals surface area contributed by atoms with Crippen LogP contribution in [0.25, 0.3) is 0 Å². The van der Waals surface area contributed by atoms with Crippen LogP contribution in [-0.2, 0) is 0 Å². The number of rotatable bonds is 3. The Bertz CT molecular complexity index is 1020. The van der Waals surface area contributed by atoms with Gasteiger partial charge in [0.1, 0.15) is 34.9 Å². The molecule has 0 aliphatic heterocycles. The van der Waals surface area contributed by atoms with E-state index in [1.807, 2.05) is 0 Å². The van der Waals surface area contributed by atoms with Crippen LogP contribution in [0.2, 0.25) is 0 Å². The lowest BCUT2D eigenvalue weighted by atomic mass is 9.35. The van der Waals surface area contributed by atoms with Crippen LogP contribution in [0, 0.1) is 55.7 Å². The fraction of sp³-hybridized carbons (Fsp3) is 0.143. The van der Waals surface area contributed by atoms with Gasteiger partial charge in [-0.3, -0.25) is 0 Å². The van der Waals surface area contributed by atoms with Crippen molar-refractivity contribution in [3.8, 4) is 0 Å².